The fraction of sp³-hybridized carbons (Fsp3) is 0. The lowest BCUT2D eigenvalue weighted by Gasteiger charge is -2.12. The number of fused-ring (bicyclic) bond motifs is 4. The minimum absolute atomic E-state index is 1.08. The molecule has 0 aliphatic heterocycles. The van der Waals surface area contributed by atoms with Gasteiger partial charge in [0.2, 0.25) is 0 Å². The summed E-state index contributed by atoms with van der Waals surface area (Å²) in [5, 5.41) is 8.83. The summed E-state index contributed by atoms with van der Waals surface area (Å²) < 4.78 is 0. The molecule has 39 heavy (non-hydrogen) atoms. The normalized spacial score (nSPS) is 11.6. The van der Waals surface area contributed by atoms with E-state index in [1.165, 1.54) is 66.1 Å². The van der Waals surface area contributed by atoms with Gasteiger partial charge in [0, 0.05) is 11.4 Å². The Morgan fingerprint density at radius 2 is 0.974 bits per heavy atom. The SMILES string of the molecule is c1cc(Nc2ccc(-c3cccc4ccccc34)cc2)cc(-c2ccc3c(c2)-c2cccc4cccc-3c24)c1. The summed E-state index contributed by atoms with van der Waals surface area (Å²) in [5.74, 6) is 0. The fourth-order valence-electron chi connectivity index (χ4n) is 6.12. The molecule has 7 aromatic rings. The predicted molar refractivity (Wildman–Crippen MR) is 166 cm³/mol. The zero-order chi connectivity index (χ0) is 25.8. The average Bonchev–Trinajstić information content (AvgIpc) is 3.32. The van der Waals surface area contributed by atoms with Crippen molar-refractivity contribution in [3.63, 3.8) is 0 Å². The Morgan fingerprint density at radius 1 is 0.333 bits per heavy atom. The topological polar surface area (TPSA) is 12.0 Å². The second-order valence-electron chi connectivity index (χ2n) is 10.3. The van der Waals surface area contributed by atoms with E-state index in [0.717, 1.165) is 11.4 Å². The highest BCUT2D eigenvalue weighted by Crippen LogP contribution is 2.48. The second-order valence-corrected chi connectivity index (χ2v) is 10.3. The van der Waals surface area contributed by atoms with Crippen molar-refractivity contribution in [1.29, 1.82) is 0 Å². The molecule has 1 aliphatic rings. The average molecular weight is 496 g/mol. The molecule has 8 rings (SSSR count). The Labute approximate surface area is 228 Å². The quantitative estimate of drug-likeness (QED) is 0.256. The van der Waals surface area contributed by atoms with E-state index in [4.69, 9.17) is 0 Å². The Kier molecular flexibility index (Phi) is 4.89. The summed E-state index contributed by atoms with van der Waals surface area (Å²) in [6.07, 6.45) is 0. The lowest BCUT2D eigenvalue weighted by Crippen LogP contribution is -1.91. The van der Waals surface area contributed by atoms with Gasteiger partial charge in [0.25, 0.3) is 0 Å². The monoisotopic (exact) mass is 495 g/mol. The molecule has 0 saturated carbocycles. The molecule has 0 bridgehead atoms. The standard InChI is InChI=1S/C38H25N/c1-2-13-32-25(7-1)8-4-14-33(32)26-17-20-30(21-18-26)39-31-12-3-11-28(23-31)29-19-22-34-35-15-5-9-27-10-6-16-36(38(27)35)37(34)24-29/h1-24,39H. The van der Waals surface area contributed by atoms with Crippen molar-refractivity contribution in [2.45, 2.75) is 0 Å². The summed E-state index contributed by atoms with van der Waals surface area (Å²) in [5.41, 5.74) is 12.4. The Balaban J connectivity index is 1.09. The second kappa shape index (κ2) is 8.72. The fourth-order valence-corrected chi connectivity index (χ4v) is 6.12. The van der Waals surface area contributed by atoms with Crippen LogP contribution in [0.4, 0.5) is 11.4 Å². The number of benzene rings is 7. The molecular weight excluding hydrogens is 470 g/mol. The summed E-state index contributed by atoms with van der Waals surface area (Å²) in [6, 6.07) is 52.6. The van der Waals surface area contributed by atoms with Crippen LogP contribution in [0.2, 0.25) is 0 Å². The van der Waals surface area contributed by atoms with E-state index in [2.05, 4.69) is 151 Å². The van der Waals surface area contributed by atoms with Gasteiger partial charge in [-0.2, -0.15) is 0 Å². The summed E-state index contributed by atoms with van der Waals surface area (Å²) >= 11 is 0. The van der Waals surface area contributed by atoms with E-state index in [1.807, 2.05) is 0 Å². The van der Waals surface area contributed by atoms with Crippen LogP contribution >= 0.6 is 0 Å². The molecule has 1 aliphatic carbocycles. The molecule has 182 valence electrons. The molecule has 0 heterocycles. The minimum atomic E-state index is 1.08. The minimum Gasteiger partial charge on any atom is -0.356 e. The molecule has 0 radical (unpaired) electrons. The first-order valence-electron chi connectivity index (χ1n) is 13.4. The van der Waals surface area contributed by atoms with Gasteiger partial charge in [0.1, 0.15) is 0 Å². The third-order valence-corrected chi connectivity index (χ3v) is 7.97. The van der Waals surface area contributed by atoms with Crippen molar-refractivity contribution < 1.29 is 0 Å². The molecule has 0 saturated heterocycles. The van der Waals surface area contributed by atoms with Crippen molar-refractivity contribution in [3.05, 3.63) is 146 Å². The summed E-state index contributed by atoms with van der Waals surface area (Å²) in [6.45, 7) is 0. The van der Waals surface area contributed by atoms with Gasteiger partial charge in [-0.05, 0) is 96.4 Å². The number of hydrogen-bond acceptors (Lipinski definition) is 1. The van der Waals surface area contributed by atoms with E-state index in [9.17, 15) is 0 Å². The van der Waals surface area contributed by atoms with Crippen LogP contribution in [0.25, 0.3) is 66.1 Å². The van der Waals surface area contributed by atoms with Gasteiger partial charge in [0.15, 0.2) is 0 Å². The van der Waals surface area contributed by atoms with Crippen molar-refractivity contribution >= 4 is 32.9 Å². The van der Waals surface area contributed by atoms with Gasteiger partial charge in [-0.3, -0.25) is 0 Å². The lowest BCUT2D eigenvalue weighted by molar-refractivity contribution is 1.54. The highest BCUT2D eigenvalue weighted by molar-refractivity contribution is 6.15. The first kappa shape index (κ1) is 21.9. The number of anilines is 2. The molecule has 0 fully saturated rings. The maximum atomic E-state index is 3.61. The van der Waals surface area contributed by atoms with Gasteiger partial charge in [-0.15, -0.1) is 0 Å². The van der Waals surface area contributed by atoms with E-state index in [0.29, 0.717) is 0 Å². The van der Waals surface area contributed by atoms with Crippen molar-refractivity contribution in [3.8, 4) is 44.5 Å². The molecule has 0 spiro atoms. The van der Waals surface area contributed by atoms with Gasteiger partial charge in [-0.25, -0.2) is 0 Å². The summed E-state index contributed by atoms with van der Waals surface area (Å²) in [7, 11) is 0. The van der Waals surface area contributed by atoms with Crippen LogP contribution in [0.5, 0.6) is 0 Å². The van der Waals surface area contributed by atoms with E-state index in [1.54, 1.807) is 0 Å². The Hall–Kier alpha value is -5.14. The largest absolute Gasteiger partial charge is 0.356 e. The van der Waals surface area contributed by atoms with Crippen LogP contribution < -0.4 is 5.32 Å². The van der Waals surface area contributed by atoms with Crippen LogP contribution in [0.1, 0.15) is 0 Å². The van der Waals surface area contributed by atoms with E-state index in [-0.39, 0.29) is 0 Å². The zero-order valence-corrected chi connectivity index (χ0v) is 21.4. The molecule has 0 atom stereocenters. The highest BCUT2D eigenvalue weighted by atomic mass is 14.9. The van der Waals surface area contributed by atoms with Gasteiger partial charge in [0.05, 0.1) is 0 Å². The van der Waals surface area contributed by atoms with Crippen LogP contribution in [0.15, 0.2) is 146 Å². The van der Waals surface area contributed by atoms with E-state index >= 15 is 0 Å². The van der Waals surface area contributed by atoms with Gasteiger partial charge >= 0.3 is 0 Å². The first-order valence-corrected chi connectivity index (χ1v) is 13.4. The maximum absolute atomic E-state index is 3.61. The number of hydrogen-bond donors (Lipinski definition) is 1. The van der Waals surface area contributed by atoms with Crippen molar-refractivity contribution in [1.82, 2.24) is 0 Å². The van der Waals surface area contributed by atoms with Crippen molar-refractivity contribution in [2.24, 2.45) is 0 Å². The van der Waals surface area contributed by atoms with Crippen LogP contribution in [0.3, 0.4) is 0 Å². The van der Waals surface area contributed by atoms with Crippen LogP contribution in [-0.2, 0) is 0 Å². The predicted octanol–water partition coefficient (Wildman–Crippen LogP) is 10.7. The number of rotatable bonds is 4. The molecule has 0 unspecified atom stereocenters. The van der Waals surface area contributed by atoms with Gasteiger partial charge in [-0.1, -0.05) is 115 Å². The number of nitrogens with one attached hydrogen (secondary N) is 1. The van der Waals surface area contributed by atoms with E-state index < -0.39 is 0 Å². The first-order chi connectivity index (χ1) is 19.3. The van der Waals surface area contributed by atoms with Crippen LogP contribution in [0, 0.1) is 0 Å². The zero-order valence-electron chi connectivity index (χ0n) is 21.4. The smallest absolute Gasteiger partial charge is 0.0390 e. The molecule has 1 heteroatoms. The summed E-state index contributed by atoms with van der Waals surface area (Å²) in [4.78, 5) is 0. The molecule has 7 aromatic carbocycles. The Bertz CT molecular complexity index is 2020. The molecule has 1 N–H and O–H groups in total. The maximum Gasteiger partial charge on any atom is 0.0390 e. The van der Waals surface area contributed by atoms with Gasteiger partial charge < -0.3 is 5.32 Å². The molecular formula is C38H25N. The molecule has 1 nitrogen and oxygen atoms in total. The van der Waals surface area contributed by atoms with Crippen LogP contribution in [-0.4, -0.2) is 0 Å². The Morgan fingerprint density at radius 3 is 1.82 bits per heavy atom. The highest BCUT2D eigenvalue weighted by Gasteiger charge is 2.21. The third kappa shape index (κ3) is 3.63. The third-order valence-electron chi connectivity index (χ3n) is 7.97. The lowest BCUT2D eigenvalue weighted by atomic mass is 9.97. The van der Waals surface area contributed by atoms with Crippen molar-refractivity contribution in [2.75, 3.05) is 5.32 Å². The molecule has 0 aromatic heterocycles. The molecule has 0 amide bonds.